The molecule has 1 aliphatic heterocycles. The molecule has 3 rings (SSSR count). The van der Waals surface area contributed by atoms with Crippen LogP contribution in [-0.4, -0.2) is 63.9 Å². The highest BCUT2D eigenvalue weighted by molar-refractivity contribution is 8.00. The van der Waals surface area contributed by atoms with Gasteiger partial charge in [-0.2, -0.15) is 0 Å². The molecule has 1 amide bonds. The molecule has 8 nitrogen and oxygen atoms in total. The van der Waals surface area contributed by atoms with E-state index in [4.69, 9.17) is 17.4 Å². The number of nitrogens with two attached hydrogens (primary N) is 1. The van der Waals surface area contributed by atoms with E-state index in [1.807, 2.05) is 6.07 Å². The fourth-order valence-corrected chi connectivity index (χ4v) is 5.81. The molecule has 1 fully saturated rings. The van der Waals surface area contributed by atoms with Crippen LogP contribution in [-0.2, 0) is 14.6 Å². The van der Waals surface area contributed by atoms with Gasteiger partial charge >= 0.3 is 0 Å². The van der Waals surface area contributed by atoms with Crippen LogP contribution < -0.4 is 5.84 Å². The van der Waals surface area contributed by atoms with Gasteiger partial charge in [-0.05, 0) is 25.5 Å². The summed E-state index contributed by atoms with van der Waals surface area (Å²) in [5.74, 6) is 6.45. The molecule has 2 unspecified atom stereocenters. The van der Waals surface area contributed by atoms with Crippen molar-refractivity contribution in [2.45, 2.75) is 29.8 Å². The molecule has 0 saturated carbocycles. The Morgan fingerprint density at radius 2 is 2.11 bits per heavy atom. The fourth-order valence-electron chi connectivity index (χ4n) is 2.94. The van der Waals surface area contributed by atoms with Gasteiger partial charge in [0.05, 0.1) is 21.8 Å². The average Bonchev–Trinajstić information content (AvgIpc) is 3.17. The minimum absolute atomic E-state index is 0.0103. The van der Waals surface area contributed by atoms with E-state index >= 15 is 0 Å². The maximum atomic E-state index is 12.7. The van der Waals surface area contributed by atoms with E-state index in [0.717, 1.165) is 0 Å². The highest BCUT2D eigenvalue weighted by Gasteiger charge is 2.34. The number of sulfone groups is 1. The summed E-state index contributed by atoms with van der Waals surface area (Å²) in [4.78, 5) is 14.2. The molecule has 2 aromatic rings. The number of hydrogen-bond donors (Lipinski definition) is 1. The number of halogens is 1. The Hall–Kier alpha value is -1.78. The van der Waals surface area contributed by atoms with Crippen LogP contribution in [0.25, 0.3) is 11.4 Å². The highest BCUT2D eigenvalue weighted by Crippen LogP contribution is 2.29. The summed E-state index contributed by atoms with van der Waals surface area (Å²) >= 11 is 7.35. The van der Waals surface area contributed by atoms with Crippen molar-refractivity contribution in [2.24, 2.45) is 0 Å². The largest absolute Gasteiger partial charge is 0.341 e. The number of carbonyl (C=O) groups is 1. The van der Waals surface area contributed by atoms with Crippen LogP contribution >= 0.6 is 23.4 Å². The van der Waals surface area contributed by atoms with E-state index < -0.39 is 15.1 Å². The molecule has 1 aromatic carbocycles. The van der Waals surface area contributed by atoms with Crippen LogP contribution in [0.2, 0.25) is 5.02 Å². The monoisotopic (exact) mass is 429 g/mol. The first kappa shape index (κ1) is 20.0. The van der Waals surface area contributed by atoms with Crippen LogP contribution in [0.3, 0.4) is 0 Å². The van der Waals surface area contributed by atoms with Gasteiger partial charge in [0.15, 0.2) is 15.7 Å². The molecule has 2 heterocycles. The average molecular weight is 430 g/mol. The van der Waals surface area contributed by atoms with E-state index in [1.165, 1.54) is 21.3 Å². The first-order chi connectivity index (χ1) is 12.7. The van der Waals surface area contributed by atoms with Gasteiger partial charge < -0.3 is 10.7 Å². The molecule has 2 N–H and O–H groups in total. The number of rotatable bonds is 5. The molecule has 0 spiro atoms. The number of thioether (sulfide) groups is 1. The number of nitrogen functional groups attached to an aromatic ring is 1. The third-order valence-electron chi connectivity index (χ3n) is 4.51. The quantitative estimate of drug-likeness (QED) is 0.565. The first-order valence-electron chi connectivity index (χ1n) is 8.29. The predicted molar refractivity (Wildman–Crippen MR) is 106 cm³/mol. The van der Waals surface area contributed by atoms with Gasteiger partial charge in [0.2, 0.25) is 11.1 Å². The summed E-state index contributed by atoms with van der Waals surface area (Å²) in [6.45, 7) is 1.73. The lowest BCUT2D eigenvalue weighted by molar-refractivity contribution is -0.130. The molecular formula is C16H20ClN5O3S2. The number of aromatic nitrogens is 3. The van der Waals surface area contributed by atoms with Gasteiger partial charge in [0.1, 0.15) is 0 Å². The summed E-state index contributed by atoms with van der Waals surface area (Å²) in [6, 6.07) is 6.85. The van der Waals surface area contributed by atoms with Gasteiger partial charge in [-0.1, -0.05) is 35.5 Å². The van der Waals surface area contributed by atoms with Crippen LogP contribution in [0.5, 0.6) is 0 Å². The highest BCUT2D eigenvalue weighted by atomic mass is 35.5. The normalized spacial score (nSPS) is 19.7. The van der Waals surface area contributed by atoms with Crippen molar-refractivity contribution in [1.82, 2.24) is 19.8 Å². The second-order valence-electron chi connectivity index (χ2n) is 6.42. The lowest BCUT2D eigenvalue weighted by atomic mass is 10.2. The molecule has 2 atom stereocenters. The summed E-state index contributed by atoms with van der Waals surface area (Å²) in [7, 11) is -1.42. The number of benzene rings is 1. The van der Waals surface area contributed by atoms with Gasteiger partial charge in [-0.15, -0.1) is 10.2 Å². The molecule has 27 heavy (non-hydrogen) atoms. The van der Waals surface area contributed by atoms with E-state index in [1.54, 1.807) is 32.2 Å². The maximum Gasteiger partial charge on any atom is 0.235 e. The Bertz CT molecular complexity index is 963. The molecular weight excluding hydrogens is 410 g/mol. The molecule has 1 saturated heterocycles. The minimum atomic E-state index is -3.06. The third kappa shape index (κ3) is 4.22. The van der Waals surface area contributed by atoms with Crippen LogP contribution in [0, 0.1) is 0 Å². The molecule has 0 bridgehead atoms. The maximum absolute atomic E-state index is 12.7. The van der Waals surface area contributed by atoms with E-state index in [2.05, 4.69) is 10.2 Å². The predicted octanol–water partition coefficient (Wildman–Crippen LogP) is 1.44. The van der Waals surface area contributed by atoms with Gasteiger partial charge in [0, 0.05) is 18.7 Å². The van der Waals surface area contributed by atoms with Crippen LogP contribution in [0.15, 0.2) is 29.4 Å². The Balaban J connectivity index is 1.72. The number of nitrogens with zero attached hydrogens (tertiary/aromatic N) is 4. The second-order valence-corrected chi connectivity index (χ2v) is 10.4. The fraction of sp³-hybridized carbons (Fsp3) is 0.438. The van der Waals surface area contributed by atoms with Gasteiger partial charge in [0.25, 0.3) is 0 Å². The topological polar surface area (TPSA) is 111 Å². The lowest BCUT2D eigenvalue weighted by Gasteiger charge is -2.26. The number of amides is 1. The molecule has 1 aliphatic rings. The van der Waals surface area contributed by atoms with Gasteiger partial charge in [-0.25, -0.2) is 13.1 Å². The van der Waals surface area contributed by atoms with E-state index in [-0.39, 0.29) is 23.5 Å². The summed E-state index contributed by atoms with van der Waals surface area (Å²) in [6.07, 6.45) is 0.464. The van der Waals surface area contributed by atoms with Crippen LogP contribution in [0.1, 0.15) is 13.3 Å². The smallest absolute Gasteiger partial charge is 0.235 e. The number of hydrogen-bond acceptors (Lipinski definition) is 7. The van der Waals surface area contributed by atoms with E-state index in [0.29, 0.717) is 28.0 Å². The zero-order valence-corrected chi connectivity index (χ0v) is 17.3. The first-order valence-corrected chi connectivity index (χ1v) is 11.4. The number of carbonyl (C=O) groups excluding carboxylic acids is 1. The molecule has 146 valence electrons. The van der Waals surface area contributed by atoms with Gasteiger partial charge in [-0.3, -0.25) is 4.79 Å². The third-order valence-corrected chi connectivity index (χ3v) is 7.64. The van der Waals surface area contributed by atoms with Crippen LogP contribution in [0.4, 0.5) is 0 Å². The Morgan fingerprint density at radius 3 is 2.74 bits per heavy atom. The summed E-state index contributed by atoms with van der Waals surface area (Å²) in [5, 5.41) is 8.52. The Kier molecular flexibility index (Phi) is 5.68. The molecule has 11 heteroatoms. The summed E-state index contributed by atoms with van der Waals surface area (Å²) in [5.41, 5.74) is 0.647. The molecule has 0 radical (unpaired) electrons. The SMILES string of the molecule is CC(Sc1nnc(-c2ccccc2Cl)n1N)C(=O)N(C)C1CCS(=O)(=O)C1. The molecule has 0 aliphatic carbocycles. The Labute approximate surface area is 167 Å². The zero-order chi connectivity index (χ0) is 19.8. The second kappa shape index (κ2) is 7.69. The minimum Gasteiger partial charge on any atom is -0.341 e. The standard InChI is InChI=1S/C16H20ClN5O3S2/c1-10(15(23)21(2)11-7-8-27(24,25)9-11)26-16-20-19-14(22(16)18)12-5-3-4-6-13(12)17/h3-6,10-11H,7-9,18H2,1-2H3. The van der Waals surface area contributed by atoms with Crippen molar-refractivity contribution in [3.8, 4) is 11.4 Å². The Morgan fingerprint density at radius 1 is 1.41 bits per heavy atom. The van der Waals surface area contributed by atoms with Crippen molar-refractivity contribution in [3.63, 3.8) is 0 Å². The lowest BCUT2D eigenvalue weighted by Crippen LogP contribution is -2.41. The molecule has 1 aromatic heterocycles. The summed E-state index contributed by atoms with van der Waals surface area (Å²) < 4.78 is 24.6. The zero-order valence-electron chi connectivity index (χ0n) is 14.9. The van der Waals surface area contributed by atoms with Crippen molar-refractivity contribution in [3.05, 3.63) is 29.3 Å². The van der Waals surface area contributed by atoms with Crippen molar-refractivity contribution in [1.29, 1.82) is 0 Å². The van der Waals surface area contributed by atoms with Crippen molar-refractivity contribution in [2.75, 3.05) is 24.4 Å². The van der Waals surface area contributed by atoms with Crippen molar-refractivity contribution < 1.29 is 13.2 Å². The van der Waals surface area contributed by atoms with E-state index in [9.17, 15) is 13.2 Å². The van der Waals surface area contributed by atoms with Crippen molar-refractivity contribution >= 4 is 39.1 Å².